The lowest BCUT2D eigenvalue weighted by Crippen LogP contribution is -2.43. The first-order chi connectivity index (χ1) is 18.5. The molecule has 0 fully saturated rings. The molecule has 11 heteroatoms. The fourth-order valence-corrected chi connectivity index (χ4v) is 5.18. The Labute approximate surface area is 218 Å². The first-order valence-electron chi connectivity index (χ1n) is 12.4. The van der Waals surface area contributed by atoms with Crippen LogP contribution >= 0.6 is 0 Å². The third kappa shape index (κ3) is 3.83. The summed E-state index contributed by atoms with van der Waals surface area (Å²) < 4.78 is 5.48. The van der Waals surface area contributed by atoms with Crippen molar-refractivity contribution in [3.63, 3.8) is 0 Å². The number of carbonyl (C=O) groups excluding carboxylic acids is 2. The highest BCUT2D eigenvalue weighted by molar-refractivity contribution is 6.45. The number of nitrogens with one attached hydrogen (secondary N) is 3. The zero-order valence-corrected chi connectivity index (χ0v) is 20.9. The highest BCUT2D eigenvalue weighted by atomic mass is 16.5. The number of aliphatic hydroxyl groups is 1. The summed E-state index contributed by atoms with van der Waals surface area (Å²) in [5.74, 6) is -0.701. The summed E-state index contributed by atoms with van der Waals surface area (Å²) in [5.41, 5.74) is 7.33. The fourth-order valence-electron chi connectivity index (χ4n) is 5.18. The molecule has 0 radical (unpaired) electrons. The van der Waals surface area contributed by atoms with Crippen molar-refractivity contribution in [3.05, 3.63) is 71.1 Å². The maximum atomic E-state index is 13.6. The lowest BCUT2D eigenvalue weighted by Gasteiger charge is -2.35. The van der Waals surface area contributed by atoms with Crippen molar-refractivity contribution in [1.82, 2.24) is 25.6 Å². The van der Waals surface area contributed by atoms with Crippen LogP contribution in [0.5, 0.6) is 5.75 Å². The van der Waals surface area contributed by atoms with Crippen LogP contribution < -0.4 is 20.5 Å². The fraction of sp³-hybridized carbons (Fsp3) is 0.259. The van der Waals surface area contributed by atoms with E-state index in [9.17, 15) is 14.7 Å². The number of rotatable bonds is 5. The summed E-state index contributed by atoms with van der Waals surface area (Å²) in [7, 11) is 1.48. The van der Waals surface area contributed by atoms with Crippen molar-refractivity contribution in [1.29, 1.82) is 0 Å². The molecule has 38 heavy (non-hydrogen) atoms. The van der Waals surface area contributed by atoms with E-state index in [2.05, 4.69) is 25.7 Å². The number of ether oxygens (including phenoxy) is 1. The average Bonchev–Trinajstić information content (AvgIpc) is 3.59. The van der Waals surface area contributed by atoms with Gasteiger partial charge in [-0.1, -0.05) is 30.4 Å². The molecule has 194 valence electrons. The predicted molar refractivity (Wildman–Crippen MR) is 142 cm³/mol. The molecule has 1 amide bonds. The monoisotopic (exact) mass is 513 g/mol. The average molecular weight is 514 g/mol. The van der Waals surface area contributed by atoms with Gasteiger partial charge < -0.3 is 25.0 Å². The van der Waals surface area contributed by atoms with Gasteiger partial charge in [-0.15, -0.1) is 0 Å². The molecule has 0 bridgehead atoms. The zero-order chi connectivity index (χ0) is 26.4. The van der Waals surface area contributed by atoms with Crippen molar-refractivity contribution in [2.75, 3.05) is 25.2 Å². The second-order valence-corrected chi connectivity index (χ2v) is 9.26. The molecule has 11 nitrogen and oxygen atoms in total. The maximum Gasteiger partial charge on any atom is 0.297 e. The van der Waals surface area contributed by atoms with E-state index in [1.165, 1.54) is 24.4 Å². The summed E-state index contributed by atoms with van der Waals surface area (Å²) in [6.45, 7) is 2.82. The van der Waals surface area contributed by atoms with E-state index in [0.717, 1.165) is 23.4 Å². The molecule has 0 aliphatic carbocycles. The number of aromatic nitrogens is 2. The molecule has 3 aliphatic rings. The molecule has 2 aromatic heterocycles. The van der Waals surface area contributed by atoms with Crippen LogP contribution in [0.15, 0.2) is 53.8 Å². The van der Waals surface area contributed by atoms with Gasteiger partial charge in [0, 0.05) is 36.1 Å². The number of dihydropyridines is 1. The van der Waals surface area contributed by atoms with Crippen LogP contribution in [0.25, 0.3) is 16.6 Å². The van der Waals surface area contributed by atoms with E-state index >= 15 is 0 Å². The highest BCUT2D eigenvalue weighted by Crippen LogP contribution is 2.36. The molecule has 6 rings (SSSR count). The van der Waals surface area contributed by atoms with Crippen LogP contribution in [0.4, 0.5) is 5.82 Å². The Morgan fingerprint density at radius 1 is 1.26 bits per heavy atom. The number of pyridine rings is 1. The maximum absolute atomic E-state index is 13.6. The van der Waals surface area contributed by atoms with E-state index in [1.807, 2.05) is 37.3 Å². The molecule has 0 saturated heterocycles. The van der Waals surface area contributed by atoms with Gasteiger partial charge in [0.05, 0.1) is 29.8 Å². The van der Waals surface area contributed by atoms with Crippen molar-refractivity contribution in [2.24, 2.45) is 4.99 Å². The number of aromatic amines is 1. The number of aliphatic imine (C=N–C) groups is 1. The third-order valence-corrected chi connectivity index (χ3v) is 7.02. The van der Waals surface area contributed by atoms with Crippen molar-refractivity contribution < 1.29 is 19.4 Å². The number of nitrogens with zero attached hydrogens (tertiary/aromatic N) is 4. The molecular weight excluding hydrogens is 486 g/mol. The number of allylic oxidation sites excluding steroid dienone is 2. The van der Waals surface area contributed by atoms with Crippen LogP contribution in [0.3, 0.4) is 0 Å². The number of H-pyrrole nitrogens is 1. The number of methoxy groups -OCH3 is 1. The van der Waals surface area contributed by atoms with Crippen molar-refractivity contribution >= 4 is 40.4 Å². The van der Waals surface area contributed by atoms with Gasteiger partial charge in [0.2, 0.25) is 0 Å². The van der Waals surface area contributed by atoms with Gasteiger partial charge in [0.15, 0.2) is 12.0 Å². The normalized spacial score (nSPS) is 20.3. The molecule has 2 unspecified atom stereocenters. The Balaban J connectivity index is 1.32. The molecule has 2 atom stereocenters. The number of anilines is 1. The number of amides is 1. The number of benzene rings is 1. The number of hydrazine groups is 1. The topological polar surface area (TPSA) is 135 Å². The van der Waals surface area contributed by atoms with E-state index in [0.29, 0.717) is 34.5 Å². The van der Waals surface area contributed by atoms with Gasteiger partial charge in [-0.05, 0) is 25.0 Å². The molecule has 1 aromatic carbocycles. The Bertz CT molecular complexity index is 1540. The molecule has 0 saturated carbocycles. The Morgan fingerprint density at radius 3 is 2.87 bits per heavy atom. The molecule has 3 aromatic rings. The second-order valence-electron chi connectivity index (χ2n) is 9.26. The highest BCUT2D eigenvalue weighted by Gasteiger charge is 2.36. The number of carbonyl (C=O) groups is 2. The standard InChI is InChI=1S/C27H27N7O4/c1-15-31-14-34(32-15)25-23-22(21(38-2)13-30-25)19(12-29-23)24(35)27(37)33-11-9-16-17(20-8-3-4-10-28-20)6-5-7-18(16)26(33)36/h3-8,12-15,26,28-29,32,36H,9-11H2,1-2H3. The van der Waals surface area contributed by atoms with Crippen LogP contribution in [-0.2, 0) is 11.2 Å². The van der Waals surface area contributed by atoms with Gasteiger partial charge in [0.25, 0.3) is 11.7 Å². The van der Waals surface area contributed by atoms with Crippen LogP contribution in [0, 0.1) is 0 Å². The zero-order valence-electron chi connectivity index (χ0n) is 20.9. The minimum Gasteiger partial charge on any atom is -0.494 e. The predicted octanol–water partition coefficient (Wildman–Crippen LogP) is 2.03. The van der Waals surface area contributed by atoms with E-state index in [-0.39, 0.29) is 18.3 Å². The Hall–Kier alpha value is -4.48. The molecular formula is C27H27N7O4. The number of hydrogen-bond acceptors (Lipinski definition) is 9. The molecule has 3 aliphatic heterocycles. The third-order valence-electron chi connectivity index (χ3n) is 7.02. The second kappa shape index (κ2) is 9.43. The summed E-state index contributed by atoms with van der Waals surface area (Å²) in [5, 5.41) is 16.6. The lowest BCUT2D eigenvalue weighted by atomic mass is 9.90. The van der Waals surface area contributed by atoms with Gasteiger partial charge in [-0.2, -0.15) is 0 Å². The van der Waals surface area contributed by atoms with Crippen molar-refractivity contribution in [3.8, 4) is 5.75 Å². The van der Waals surface area contributed by atoms with E-state index in [1.54, 1.807) is 17.4 Å². The van der Waals surface area contributed by atoms with E-state index in [4.69, 9.17) is 4.74 Å². The van der Waals surface area contributed by atoms with Gasteiger partial charge in [0.1, 0.15) is 18.3 Å². The lowest BCUT2D eigenvalue weighted by molar-refractivity contribution is -0.137. The smallest absolute Gasteiger partial charge is 0.297 e. The number of Topliss-reactive ketones (excluding diaryl/α,β-unsaturated/α-hetero) is 1. The summed E-state index contributed by atoms with van der Waals surface area (Å²) in [6, 6.07) is 5.64. The Morgan fingerprint density at radius 2 is 2.13 bits per heavy atom. The van der Waals surface area contributed by atoms with Gasteiger partial charge in [-0.25, -0.2) is 15.4 Å². The first-order valence-corrected chi connectivity index (χ1v) is 12.4. The number of ketones is 1. The van der Waals surface area contributed by atoms with Crippen molar-refractivity contribution in [2.45, 2.75) is 25.7 Å². The number of aliphatic hydroxyl groups excluding tert-OH is 1. The first kappa shape index (κ1) is 23.9. The summed E-state index contributed by atoms with van der Waals surface area (Å²) in [6.07, 6.45) is 9.73. The summed E-state index contributed by atoms with van der Waals surface area (Å²) >= 11 is 0. The SMILES string of the molecule is COc1cnc(N2C=NC(C)N2)c2[nH]cc(C(=O)C(=O)N3CCc4c(C5=CC=CCN5)cccc4C3O)c12. The number of hydrogen-bond donors (Lipinski definition) is 4. The quantitative estimate of drug-likeness (QED) is 0.301. The molecule has 0 spiro atoms. The Kier molecular flexibility index (Phi) is 5.93. The largest absolute Gasteiger partial charge is 0.494 e. The minimum absolute atomic E-state index is 0.128. The molecule has 5 heterocycles. The summed E-state index contributed by atoms with van der Waals surface area (Å²) in [4.78, 5) is 40.1. The van der Waals surface area contributed by atoms with Crippen LogP contribution in [-0.4, -0.2) is 64.4 Å². The van der Waals surface area contributed by atoms with Crippen LogP contribution in [0.2, 0.25) is 0 Å². The van der Waals surface area contributed by atoms with Gasteiger partial charge >= 0.3 is 0 Å². The van der Waals surface area contributed by atoms with Crippen LogP contribution in [0.1, 0.15) is 40.2 Å². The van der Waals surface area contributed by atoms with Gasteiger partial charge in [-0.3, -0.25) is 14.6 Å². The molecule has 4 N–H and O–H groups in total. The van der Waals surface area contributed by atoms with E-state index < -0.39 is 17.9 Å². The minimum atomic E-state index is -1.24. The number of fused-ring (bicyclic) bond motifs is 2.